The van der Waals surface area contributed by atoms with Crippen LogP contribution in [0.15, 0.2) is 26.6 Å². The lowest BCUT2D eigenvalue weighted by molar-refractivity contribution is 0.336. The van der Waals surface area contributed by atoms with Crippen LogP contribution in [0, 0.1) is 0 Å². The van der Waals surface area contributed by atoms with E-state index in [-0.39, 0.29) is 0 Å². The van der Waals surface area contributed by atoms with Gasteiger partial charge in [0, 0.05) is 6.54 Å². The molecule has 0 amide bonds. The molecular weight excluding hydrogens is 382 g/mol. The summed E-state index contributed by atoms with van der Waals surface area (Å²) in [6.45, 7) is 3.29. The molecule has 0 radical (unpaired) electrons. The Morgan fingerprint density at radius 2 is 2.06 bits per heavy atom. The van der Waals surface area contributed by atoms with Crippen molar-refractivity contribution in [3.63, 3.8) is 0 Å². The molecule has 4 nitrogen and oxygen atoms in total. The monoisotopic (exact) mass is 391 g/mol. The van der Waals surface area contributed by atoms with Crippen LogP contribution < -0.4 is 10.1 Å². The minimum atomic E-state index is 0.638. The molecule has 0 bridgehead atoms. The molecule has 0 aliphatic carbocycles. The van der Waals surface area contributed by atoms with Crippen molar-refractivity contribution < 1.29 is 4.74 Å². The van der Waals surface area contributed by atoms with Crippen LogP contribution in [0.5, 0.6) is 5.75 Å². The zero-order chi connectivity index (χ0) is 13.0. The van der Waals surface area contributed by atoms with Crippen LogP contribution >= 0.6 is 43.2 Å². The first-order chi connectivity index (χ1) is 8.70. The predicted molar refractivity (Wildman–Crippen MR) is 80.2 cm³/mol. The van der Waals surface area contributed by atoms with Gasteiger partial charge in [-0.2, -0.15) is 0 Å². The second-order valence-corrected chi connectivity index (χ2v) is 5.96. The van der Waals surface area contributed by atoms with Crippen molar-refractivity contribution in [2.24, 2.45) is 0 Å². The maximum atomic E-state index is 5.54. The van der Waals surface area contributed by atoms with Crippen molar-refractivity contribution >= 4 is 48.3 Å². The average Bonchev–Trinajstić information content (AvgIpc) is 2.84. The van der Waals surface area contributed by atoms with Crippen LogP contribution in [0.4, 0.5) is 5.13 Å². The van der Waals surface area contributed by atoms with Gasteiger partial charge >= 0.3 is 0 Å². The number of nitrogens with one attached hydrogen (secondary N) is 1. The molecule has 1 N–H and O–H groups in total. The maximum Gasteiger partial charge on any atom is 0.205 e. The number of hydrogen-bond donors (Lipinski definition) is 1. The number of hydrogen-bond acceptors (Lipinski definition) is 5. The highest BCUT2D eigenvalue weighted by Gasteiger charge is 2.08. The topological polar surface area (TPSA) is 47.0 Å². The van der Waals surface area contributed by atoms with Crippen LogP contribution in [0.25, 0.3) is 0 Å². The Labute approximate surface area is 126 Å². The van der Waals surface area contributed by atoms with Crippen LogP contribution in [-0.4, -0.2) is 16.8 Å². The number of nitrogens with zero attached hydrogens (tertiary/aromatic N) is 2. The summed E-state index contributed by atoms with van der Waals surface area (Å²) in [5.74, 6) is 0.831. The van der Waals surface area contributed by atoms with E-state index in [0.29, 0.717) is 13.2 Å². The molecule has 1 heterocycles. The molecule has 0 saturated carbocycles. The normalized spacial score (nSPS) is 10.4. The molecule has 2 aromatic rings. The molecule has 0 spiro atoms. The highest BCUT2D eigenvalue weighted by molar-refractivity contribution is 9.11. The summed E-state index contributed by atoms with van der Waals surface area (Å²) in [5, 5.41) is 11.7. The summed E-state index contributed by atoms with van der Waals surface area (Å²) in [5.41, 5.74) is 2.83. The van der Waals surface area contributed by atoms with Gasteiger partial charge in [0.15, 0.2) is 0 Å². The van der Waals surface area contributed by atoms with Gasteiger partial charge in [-0.15, -0.1) is 10.2 Å². The van der Waals surface area contributed by atoms with Crippen LogP contribution in [0.3, 0.4) is 0 Å². The van der Waals surface area contributed by atoms with E-state index in [9.17, 15) is 0 Å². The average molecular weight is 393 g/mol. The van der Waals surface area contributed by atoms with E-state index in [2.05, 4.69) is 47.4 Å². The summed E-state index contributed by atoms with van der Waals surface area (Å²) < 4.78 is 7.41. The second kappa shape index (κ2) is 6.49. The third kappa shape index (κ3) is 3.43. The lowest BCUT2D eigenvalue weighted by Crippen LogP contribution is -2.01. The summed E-state index contributed by atoms with van der Waals surface area (Å²) in [4.78, 5) is 0. The molecule has 2 rings (SSSR count). The number of aromatic nitrogens is 2. The van der Waals surface area contributed by atoms with Crippen LogP contribution in [0.1, 0.15) is 12.5 Å². The summed E-state index contributed by atoms with van der Waals surface area (Å²) in [6, 6.07) is 4.06. The van der Waals surface area contributed by atoms with Gasteiger partial charge in [0.2, 0.25) is 5.13 Å². The van der Waals surface area contributed by atoms with Gasteiger partial charge in [-0.05, 0) is 56.5 Å². The first-order valence-electron chi connectivity index (χ1n) is 5.31. The van der Waals surface area contributed by atoms with Crippen molar-refractivity contribution in [2.75, 3.05) is 11.9 Å². The fraction of sp³-hybridized carbons (Fsp3) is 0.273. The second-order valence-electron chi connectivity index (χ2n) is 3.42. The molecule has 0 aliphatic heterocycles. The number of anilines is 1. The Balaban J connectivity index is 2.10. The first kappa shape index (κ1) is 13.8. The third-order valence-electron chi connectivity index (χ3n) is 2.15. The van der Waals surface area contributed by atoms with Crippen molar-refractivity contribution in [2.45, 2.75) is 13.5 Å². The van der Waals surface area contributed by atoms with Crippen molar-refractivity contribution in [3.8, 4) is 5.75 Å². The van der Waals surface area contributed by atoms with Gasteiger partial charge in [0.25, 0.3) is 0 Å². The highest BCUT2D eigenvalue weighted by atomic mass is 79.9. The minimum absolute atomic E-state index is 0.638. The largest absolute Gasteiger partial charge is 0.492 e. The third-order valence-corrected chi connectivity index (χ3v) is 3.98. The predicted octanol–water partition coefficient (Wildman–Crippen LogP) is 4.07. The van der Waals surface area contributed by atoms with E-state index >= 15 is 0 Å². The highest BCUT2D eigenvalue weighted by Crippen LogP contribution is 2.34. The molecular formula is C11H11Br2N3OS. The fourth-order valence-corrected chi connectivity index (χ4v) is 3.38. The van der Waals surface area contributed by atoms with E-state index < -0.39 is 0 Å². The Kier molecular flexibility index (Phi) is 4.96. The van der Waals surface area contributed by atoms with Gasteiger partial charge < -0.3 is 10.1 Å². The van der Waals surface area contributed by atoms with Crippen molar-refractivity contribution in [1.29, 1.82) is 0 Å². The number of ether oxygens (including phenoxy) is 1. The quantitative estimate of drug-likeness (QED) is 0.832. The Morgan fingerprint density at radius 3 is 2.61 bits per heavy atom. The SMILES string of the molecule is CCOc1c(Br)cc(CNc2nncs2)cc1Br. The lowest BCUT2D eigenvalue weighted by Gasteiger charge is -2.11. The number of halogens is 2. The minimum Gasteiger partial charge on any atom is -0.492 e. The van der Waals surface area contributed by atoms with Gasteiger partial charge in [0.05, 0.1) is 15.6 Å². The maximum absolute atomic E-state index is 5.54. The summed E-state index contributed by atoms with van der Waals surface area (Å²) >= 11 is 8.50. The van der Waals surface area contributed by atoms with E-state index in [1.165, 1.54) is 11.3 Å². The Hall–Kier alpha value is -0.660. The number of rotatable bonds is 5. The Morgan fingerprint density at radius 1 is 1.33 bits per heavy atom. The number of benzene rings is 1. The zero-order valence-electron chi connectivity index (χ0n) is 9.61. The van der Waals surface area contributed by atoms with Gasteiger partial charge in [-0.1, -0.05) is 11.3 Å². The van der Waals surface area contributed by atoms with E-state index in [4.69, 9.17) is 4.74 Å². The molecule has 1 aromatic carbocycles. The molecule has 0 aliphatic rings. The van der Waals surface area contributed by atoms with Gasteiger partial charge in [-0.3, -0.25) is 0 Å². The Bertz CT molecular complexity index is 496. The zero-order valence-corrected chi connectivity index (χ0v) is 13.6. The molecule has 7 heteroatoms. The lowest BCUT2D eigenvalue weighted by atomic mass is 10.2. The molecule has 18 heavy (non-hydrogen) atoms. The van der Waals surface area contributed by atoms with Crippen LogP contribution in [0.2, 0.25) is 0 Å². The summed E-state index contributed by atoms with van der Waals surface area (Å²) in [7, 11) is 0. The standard InChI is InChI=1S/C11H11Br2N3OS/c1-2-17-10-8(12)3-7(4-9(10)13)5-14-11-16-15-6-18-11/h3-4,6H,2,5H2,1H3,(H,14,16). The molecule has 1 aromatic heterocycles. The van der Waals surface area contributed by atoms with Crippen molar-refractivity contribution in [1.82, 2.24) is 10.2 Å². The molecule has 0 unspecified atom stereocenters. The molecule has 96 valence electrons. The van der Waals surface area contributed by atoms with Crippen LogP contribution in [-0.2, 0) is 6.54 Å². The smallest absolute Gasteiger partial charge is 0.205 e. The molecule has 0 atom stereocenters. The first-order valence-corrected chi connectivity index (χ1v) is 7.78. The van der Waals surface area contributed by atoms with E-state index in [0.717, 1.165) is 25.4 Å². The van der Waals surface area contributed by atoms with E-state index in [1.807, 2.05) is 19.1 Å². The van der Waals surface area contributed by atoms with E-state index in [1.54, 1.807) is 5.51 Å². The molecule has 0 saturated heterocycles. The molecule has 0 fully saturated rings. The van der Waals surface area contributed by atoms with Gasteiger partial charge in [0.1, 0.15) is 11.3 Å². The fourth-order valence-electron chi connectivity index (χ4n) is 1.42. The van der Waals surface area contributed by atoms with Gasteiger partial charge in [-0.25, -0.2) is 0 Å². The van der Waals surface area contributed by atoms with Crippen molar-refractivity contribution in [3.05, 3.63) is 32.2 Å². The summed E-state index contributed by atoms with van der Waals surface area (Å²) in [6.07, 6.45) is 0.